The molecular weight excluding hydrogens is 330 g/mol. The molecule has 2 N–H and O–H groups in total. The van der Waals surface area contributed by atoms with E-state index in [0.717, 1.165) is 32.8 Å². The molecule has 1 aliphatic heterocycles. The summed E-state index contributed by atoms with van der Waals surface area (Å²) in [5.74, 6) is -0.285. The molecule has 3 rings (SSSR count). The topological polar surface area (TPSA) is 70.7 Å². The number of hydrogen-bond donors (Lipinski definition) is 2. The van der Waals surface area contributed by atoms with Gasteiger partial charge in [0.2, 0.25) is 0 Å². The van der Waals surface area contributed by atoms with E-state index >= 15 is 0 Å². The number of anilines is 1. The molecule has 1 fully saturated rings. The highest BCUT2D eigenvalue weighted by atomic mass is 16.5. The van der Waals surface area contributed by atoms with Crippen molar-refractivity contribution in [2.75, 3.05) is 44.7 Å². The third-order valence-electron chi connectivity index (χ3n) is 4.26. The van der Waals surface area contributed by atoms with Gasteiger partial charge in [0.05, 0.1) is 13.2 Å². The van der Waals surface area contributed by atoms with E-state index in [1.165, 1.54) is 0 Å². The predicted octanol–water partition coefficient (Wildman–Crippen LogP) is 2.00. The highest BCUT2D eigenvalue weighted by Crippen LogP contribution is 2.11. The number of amides is 2. The first-order valence-corrected chi connectivity index (χ1v) is 8.77. The van der Waals surface area contributed by atoms with Gasteiger partial charge in [0, 0.05) is 43.0 Å². The fraction of sp³-hybridized carbons (Fsp3) is 0.300. The largest absolute Gasteiger partial charge is 0.379 e. The van der Waals surface area contributed by atoms with Crippen LogP contribution in [-0.2, 0) is 4.74 Å². The minimum Gasteiger partial charge on any atom is -0.379 e. The number of nitrogens with one attached hydrogen (secondary N) is 2. The molecule has 2 amide bonds. The van der Waals surface area contributed by atoms with E-state index in [1.54, 1.807) is 36.4 Å². The first-order valence-electron chi connectivity index (χ1n) is 8.77. The molecule has 2 aromatic carbocycles. The Bertz CT molecular complexity index is 726. The Morgan fingerprint density at radius 1 is 0.885 bits per heavy atom. The molecule has 26 heavy (non-hydrogen) atoms. The third-order valence-corrected chi connectivity index (χ3v) is 4.26. The van der Waals surface area contributed by atoms with Crippen LogP contribution in [0.1, 0.15) is 20.7 Å². The molecule has 0 bridgehead atoms. The zero-order chi connectivity index (χ0) is 18.2. The van der Waals surface area contributed by atoms with E-state index in [-0.39, 0.29) is 11.8 Å². The molecular formula is C20H23N3O3. The van der Waals surface area contributed by atoms with Crippen molar-refractivity contribution in [2.45, 2.75) is 0 Å². The zero-order valence-corrected chi connectivity index (χ0v) is 14.6. The Morgan fingerprint density at radius 3 is 2.23 bits per heavy atom. The monoisotopic (exact) mass is 353 g/mol. The molecule has 1 aliphatic rings. The molecule has 0 unspecified atom stereocenters. The number of rotatable bonds is 6. The number of ether oxygens (including phenoxy) is 1. The molecule has 1 saturated heterocycles. The van der Waals surface area contributed by atoms with Gasteiger partial charge >= 0.3 is 0 Å². The van der Waals surface area contributed by atoms with Crippen molar-refractivity contribution in [3.05, 3.63) is 65.7 Å². The van der Waals surface area contributed by atoms with Crippen molar-refractivity contribution in [3.63, 3.8) is 0 Å². The van der Waals surface area contributed by atoms with Crippen molar-refractivity contribution in [2.24, 2.45) is 0 Å². The van der Waals surface area contributed by atoms with E-state index < -0.39 is 0 Å². The SMILES string of the molecule is O=C(NCCN1CCOCC1)c1ccc(NC(=O)c2ccccc2)cc1. The van der Waals surface area contributed by atoms with E-state index in [2.05, 4.69) is 15.5 Å². The predicted molar refractivity (Wildman–Crippen MR) is 100 cm³/mol. The molecule has 1 heterocycles. The Labute approximate surface area is 153 Å². The maximum absolute atomic E-state index is 12.2. The molecule has 0 atom stereocenters. The van der Waals surface area contributed by atoms with Crippen LogP contribution in [0.4, 0.5) is 5.69 Å². The third kappa shape index (κ3) is 5.15. The summed E-state index contributed by atoms with van der Waals surface area (Å²) >= 11 is 0. The Hall–Kier alpha value is -2.70. The molecule has 0 saturated carbocycles. The normalized spacial score (nSPS) is 14.6. The van der Waals surface area contributed by atoms with Gasteiger partial charge in [-0.1, -0.05) is 18.2 Å². The molecule has 6 nitrogen and oxygen atoms in total. The fourth-order valence-electron chi connectivity index (χ4n) is 2.75. The van der Waals surface area contributed by atoms with Crippen LogP contribution in [0.2, 0.25) is 0 Å². The van der Waals surface area contributed by atoms with Crippen LogP contribution in [0.15, 0.2) is 54.6 Å². The van der Waals surface area contributed by atoms with Crippen LogP contribution in [0.25, 0.3) is 0 Å². The molecule has 0 aromatic heterocycles. The Balaban J connectivity index is 1.47. The summed E-state index contributed by atoms with van der Waals surface area (Å²) in [6.45, 7) is 4.75. The van der Waals surface area contributed by atoms with Gasteiger partial charge in [-0.25, -0.2) is 0 Å². The summed E-state index contributed by atoms with van der Waals surface area (Å²) in [6, 6.07) is 15.9. The summed E-state index contributed by atoms with van der Waals surface area (Å²) in [7, 11) is 0. The zero-order valence-electron chi connectivity index (χ0n) is 14.6. The first-order chi connectivity index (χ1) is 12.7. The summed E-state index contributed by atoms with van der Waals surface area (Å²) in [4.78, 5) is 26.6. The van der Waals surface area contributed by atoms with Crippen LogP contribution < -0.4 is 10.6 Å². The lowest BCUT2D eigenvalue weighted by atomic mass is 10.1. The Kier molecular flexibility index (Phi) is 6.35. The number of carbonyl (C=O) groups excluding carboxylic acids is 2. The lowest BCUT2D eigenvalue weighted by molar-refractivity contribution is 0.0383. The number of morpholine rings is 1. The minimum absolute atomic E-state index is 0.112. The van der Waals surface area contributed by atoms with Gasteiger partial charge in [-0.3, -0.25) is 14.5 Å². The Morgan fingerprint density at radius 2 is 1.54 bits per heavy atom. The second kappa shape index (κ2) is 9.12. The van der Waals surface area contributed by atoms with Gasteiger partial charge in [0.1, 0.15) is 0 Å². The number of benzene rings is 2. The van der Waals surface area contributed by atoms with E-state index in [0.29, 0.717) is 23.4 Å². The van der Waals surface area contributed by atoms with E-state index in [9.17, 15) is 9.59 Å². The van der Waals surface area contributed by atoms with Crippen molar-refractivity contribution >= 4 is 17.5 Å². The summed E-state index contributed by atoms with van der Waals surface area (Å²) in [5, 5.41) is 5.74. The molecule has 136 valence electrons. The van der Waals surface area contributed by atoms with Crippen molar-refractivity contribution < 1.29 is 14.3 Å². The van der Waals surface area contributed by atoms with Crippen LogP contribution in [0, 0.1) is 0 Å². The molecule has 2 aromatic rings. The summed E-state index contributed by atoms with van der Waals surface area (Å²) in [6.07, 6.45) is 0. The first kappa shape index (κ1) is 18.1. The number of carbonyl (C=O) groups is 2. The minimum atomic E-state index is -0.173. The molecule has 0 spiro atoms. The molecule has 6 heteroatoms. The second-order valence-corrected chi connectivity index (χ2v) is 6.11. The van der Waals surface area contributed by atoms with Crippen molar-refractivity contribution in [3.8, 4) is 0 Å². The average molecular weight is 353 g/mol. The molecule has 0 radical (unpaired) electrons. The standard InChI is InChI=1S/C20H23N3O3/c24-19(21-10-11-23-12-14-26-15-13-23)17-6-8-18(9-7-17)22-20(25)16-4-2-1-3-5-16/h1-9H,10-15H2,(H,21,24)(H,22,25). The van der Waals surface area contributed by atoms with Crippen LogP contribution in [0.3, 0.4) is 0 Å². The lowest BCUT2D eigenvalue weighted by Crippen LogP contribution is -2.41. The summed E-state index contributed by atoms with van der Waals surface area (Å²) < 4.78 is 5.30. The van der Waals surface area contributed by atoms with Gasteiger partial charge in [0.25, 0.3) is 11.8 Å². The highest BCUT2D eigenvalue weighted by molar-refractivity contribution is 6.04. The van der Waals surface area contributed by atoms with Crippen molar-refractivity contribution in [1.82, 2.24) is 10.2 Å². The average Bonchev–Trinajstić information content (AvgIpc) is 2.70. The summed E-state index contributed by atoms with van der Waals surface area (Å²) in [5.41, 5.74) is 1.82. The van der Waals surface area contributed by atoms with Gasteiger partial charge in [-0.15, -0.1) is 0 Å². The smallest absolute Gasteiger partial charge is 0.255 e. The highest BCUT2D eigenvalue weighted by Gasteiger charge is 2.11. The van der Waals surface area contributed by atoms with Crippen LogP contribution in [0.5, 0.6) is 0 Å². The fourth-order valence-corrected chi connectivity index (χ4v) is 2.75. The lowest BCUT2D eigenvalue weighted by Gasteiger charge is -2.26. The van der Waals surface area contributed by atoms with Gasteiger partial charge in [-0.05, 0) is 36.4 Å². The van der Waals surface area contributed by atoms with Gasteiger partial charge < -0.3 is 15.4 Å². The maximum atomic E-state index is 12.2. The van der Waals surface area contributed by atoms with E-state index in [1.807, 2.05) is 18.2 Å². The number of hydrogen-bond acceptors (Lipinski definition) is 4. The quantitative estimate of drug-likeness (QED) is 0.833. The van der Waals surface area contributed by atoms with Crippen molar-refractivity contribution in [1.29, 1.82) is 0 Å². The van der Waals surface area contributed by atoms with Gasteiger partial charge in [-0.2, -0.15) is 0 Å². The second-order valence-electron chi connectivity index (χ2n) is 6.11. The van der Waals surface area contributed by atoms with Crippen LogP contribution in [-0.4, -0.2) is 56.1 Å². The van der Waals surface area contributed by atoms with E-state index in [4.69, 9.17) is 4.74 Å². The van der Waals surface area contributed by atoms with Crippen LogP contribution >= 0.6 is 0 Å². The molecule has 0 aliphatic carbocycles. The number of nitrogens with zero attached hydrogens (tertiary/aromatic N) is 1. The van der Waals surface area contributed by atoms with Gasteiger partial charge in [0.15, 0.2) is 0 Å². The maximum Gasteiger partial charge on any atom is 0.255 e.